The number of pyridine rings is 1. The van der Waals surface area contributed by atoms with E-state index in [1.165, 1.54) is 25.7 Å². The maximum Gasteiger partial charge on any atom is 0.0977 e. The number of aliphatic hydroxyl groups excluding tert-OH is 1. The molecule has 4 unspecified atom stereocenters. The monoisotopic (exact) mass is 285 g/mol. The molecule has 2 bridgehead atoms. The van der Waals surface area contributed by atoms with Gasteiger partial charge in [-0.25, -0.2) is 0 Å². The van der Waals surface area contributed by atoms with E-state index in [1.807, 2.05) is 0 Å². The molecule has 3 rings (SSSR count). The zero-order valence-electron chi connectivity index (χ0n) is 10.1. The number of nitrogens with zero attached hydrogens (tertiary/aromatic N) is 1. The van der Waals surface area contributed by atoms with Crippen LogP contribution in [0, 0.1) is 17.8 Å². The molecule has 4 heteroatoms. The smallest absolute Gasteiger partial charge is 0.0977 e. The van der Waals surface area contributed by atoms with E-state index in [0.717, 1.165) is 18.3 Å². The highest BCUT2D eigenvalue weighted by Crippen LogP contribution is 2.51. The lowest BCUT2D eigenvalue weighted by Gasteiger charge is -2.24. The lowest BCUT2D eigenvalue weighted by atomic mass is 9.84. The Hall–Kier alpha value is -0.310. The minimum atomic E-state index is -0.556. The first-order valence-electron chi connectivity index (χ1n) is 6.62. The predicted octanol–water partition coefficient (Wildman–Crippen LogP) is 4.25. The van der Waals surface area contributed by atoms with Gasteiger partial charge in [-0.15, -0.1) is 0 Å². The summed E-state index contributed by atoms with van der Waals surface area (Å²) in [6.07, 6.45) is 7.13. The van der Waals surface area contributed by atoms with Crippen LogP contribution in [-0.4, -0.2) is 10.1 Å². The second-order valence-electron chi connectivity index (χ2n) is 5.71. The van der Waals surface area contributed by atoms with Gasteiger partial charge in [-0.05, 0) is 49.5 Å². The molecule has 1 aromatic heterocycles. The highest BCUT2D eigenvalue weighted by atomic mass is 35.5. The molecule has 1 N–H and O–H groups in total. The van der Waals surface area contributed by atoms with Crippen LogP contribution >= 0.6 is 23.2 Å². The second-order valence-corrected chi connectivity index (χ2v) is 6.55. The van der Waals surface area contributed by atoms with Gasteiger partial charge in [-0.3, -0.25) is 4.98 Å². The average molecular weight is 286 g/mol. The van der Waals surface area contributed by atoms with E-state index < -0.39 is 6.10 Å². The molecule has 2 aliphatic rings. The second kappa shape index (κ2) is 4.99. The molecule has 0 spiro atoms. The van der Waals surface area contributed by atoms with Gasteiger partial charge in [0.15, 0.2) is 0 Å². The Morgan fingerprint density at radius 3 is 2.78 bits per heavy atom. The summed E-state index contributed by atoms with van der Waals surface area (Å²) in [6.45, 7) is 0. The van der Waals surface area contributed by atoms with Crippen LogP contribution in [-0.2, 0) is 0 Å². The van der Waals surface area contributed by atoms with Crippen molar-refractivity contribution in [2.75, 3.05) is 0 Å². The van der Waals surface area contributed by atoms with Crippen molar-refractivity contribution in [3.05, 3.63) is 28.0 Å². The third-order valence-corrected chi connectivity index (χ3v) is 5.07. The largest absolute Gasteiger partial charge is 0.387 e. The van der Waals surface area contributed by atoms with Crippen molar-refractivity contribution >= 4 is 23.2 Å². The average Bonchev–Trinajstić information content (AvgIpc) is 2.90. The van der Waals surface area contributed by atoms with Gasteiger partial charge in [0.2, 0.25) is 0 Å². The molecule has 0 saturated heterocycles. The molecular weight excluding hydrogens is 269 g/mol. The number of aromatic nitrogens is 1. The molecule has 1 aromatic rings. The molecule has 0 amide bonds. The third kappa shape index (κ3) is 2.38. The van der Waals surface area contributed by atoms with Crippen LogP contribution in [0.1, 0.15) is 43.9 Å². The standard InChI is InChI=1S/C14H17Cl2NO/c15-11-6-12(16)14(17-7-11)13(18)5-10-4-8-1-2-9(10)3-8/h6-10,13,18H,1-5H2. The zero-order valence-corrected chi connectivity index (χ0v) is 11.7. The Balaban J connectivity index is 1.69. The lowest BCUT2D eigenvalue weighted by molar-refractivity contribution is 0.122. The molecule has 2 aliphatic carbocycles. The first-order chi connectivity index (χ1) is 8.63. The highest BCUT2D eigenvalue weighted by molar-refractivity contribution is 6.34. The Kier molecular flexibility index (Phi) is 3.52. The topological polar surface area (TPSA) is 33.1 Å². The lowest BCUT2D eigenvalue weighted by Crippen LogP contribution is -2.15. The van der Waals surface area contributed by atoms with Crippen molar-refractivity contribution in [3.63, 3.8) is 0 Å². The van der Waals surface area contributed by atoms with Gasteiger partial charge in [0, 0.05) is 6.20 Å². The molecule has 1 heterocycles. The molecule has 4 atom stereocenters. The number of hydrogen-bond acceptors (Lipinski definition) is 2. The number of rotatable bonds is 3. The Morgan fingerprint density at radius 1 is 1.33 bits per heavy atom. The fraction of sp³-hybridized carbons (Fsp3) is 0.643. The van der Waals surface area contributed by atoms with Crippen LogP contribution < -0.4 is 0 Å². The molecule has 98 valence electrons. The first kappa shape index (κ1) is 12.7. The Labute approximate surface area is 117 Å². The maximum absolute atomic E-state index is 10.3. The van der Waals surface area contributed by atoms with E-state index in [-0.39, 0.29) is 0 Å². The normalized spacial score (nSPS) is 31.8. The van der Waals surface area contributed by atoms with E-state index in [1.54, 1.807) is 12.3 Å². The Morgan fingerprint density at radius 2 is 2.17 bits per heavy atom. The first-order valence-corrected chi connectivity index (χ1v) is 7.38. The summed E-state index contributed by atoms with van der Waals surface area (Å²) in [7, 11) is 0. The van der Waals surface area contributed by atoms with Crippen molar-refractivity contribution in [1.29, 1.82) is 0 Å². The number of aliphatic hydroxyl groups is 1. The third-order valence-electron chi connectivity index (χ3n) is 4.56. The minimum absolute atomic E-state index is 0.471. The van der Waals surface area contributed by atoms with E-state index in [4.69, 9.17) is 23.2 Å². The van der Waals surface area contributed by atoms with Crippen molar-refractivity contribution in [2.24, 2.45) is 17.8 Å². The summed E-state index contributed by atoms with van der Waals surface area (Å²) < 4.78 is 0. The SMILES string of the molecule is OC(CC1CC2CCC1C2)c1ncc(Cl)cc1Cl. The summed E-state index contributed by atoms with van der Waals surface area (Å²) in [4.78, 5) is 4.17. The summed E-state index contributed by atoms with van der Waals surface area (Å²) in [5.41, 5.74) is 0.573. The summed E-state index contributed by atoms with van der Waals surface area (Å²) >= 11 is 11.9. The van der Waals surface area contributed by atoms with Gasteiger partial charge in [-0.1, -0.05) is 29.6 Å². The van der Waals surface area contributed by atoms with E-state index in [2.05, 4.69) is 4.98 Å². The van der Waals surface area contributed by atoms with Crippen LogP contribution in [0.15, 0.2) is 12.3 Å². The van der Waals surface area contributed by atoms with E-state index >= 15 is 0 Å². The summed E-state index contributed by atoms with van der Waals surface area (Å²) in [5, 5.41) is 11.3. The van der Waals surface area contributed by atoms with E-state index in [9.17, 15) is 5.11 Å². The van der Waals surface area contributed by atoms with E-state index in [0.29, 0.717) is 21.7 Å². The predicted molar refractivity (Wildman–Crippen MR) is 72.8 cm³/mol. The van der Waals surface area contributed by atoms with Crippen LogP contribution in [0.2, 0.25) is 10.0 Å². The number of hydrogen-bond donors (Lipinski definition) is 1. The van der Waals surface area contributed by atoms with Gasteiger partial charge in [0.05, 0.1) is 21.8 Å². The van der Waals surface area contributed by atoms with Crippen LogP contribution in [0.4, 0.5) is 0 Å². The number of fused-ring (bicyclic) bond motifs is 2. The molecule has 0 aliphatic heterocycles. The number of halogens is 2. The molecule has 0 radical (unpaired) electrons. The summed E-state index contributed by atoms with van der Waals surface area (Å²) in [5.74, 6) is 2.36. The fourth-order valence-corrected chi connectivity index (χ4v) is 4.24. The minimum Gasteiger partial charge on any atom is -0.387 e. The molecule has 2 fully saturated rings. The van der Waals surface area contributed by atoms with Gasteiger partial charge < -0.3 is 5.11 Å². The quantitative estimate of drug-likeness (QED) is 0.901. The molecular formula is C14H17Cl2NO. The van der Waals surface area contributed by atoms with Crippen molar-refractivity contribution in [1.82, 2.24) is 4.98 Å². The fourth-order valence-electron chi connectivity index (χ4n) is 3.73. The highest BCUT2D eigenvalue weighted by Gasteiger charge is 2.40. The van der Waals surface area contributed by atoms with Crippen LogP contribution in [0.25, 0.3) is 0 Å². The van der Waals surface area contributed by atoms with Crippen molar-refractivity contribution in [3.8, 4) is 0 Å². The molecule has 18 heavy (non-hydrogen) atoms. The maximum atomic E-state index is 10.3. The molecule has 2 nitrogen and oxygen atoms in total. The van der Waals surface area contributed by atoms with Gasteiger partial charge in [0.1, 0.15) is 0 Å². The van der Waals surface area contributed by atoms with Gasteiger partial charge >= 0.3 is 0 Å². The zero-order chi connectivity index (χ0) is 12.7. The van der Waals surface area contributed by atoms with Crippen LogP contribution in [0.5, 0.6) is 0 Å². The molecule has 0 aromatic carbocycles. The Bertz CT molecular complexity index is 451. The van der Waals surface area contributed by atoms with Crippen molar-refractivity contribution < 1.29 is 5.11 Å². The summed E-state index contributed by atoms with van der Waals surface area (Å²) in [6, 6.07) is 1.65. The van der Waals surface area contributed by atoms with Gasteiger partial charge in [0.25, 0.3) is 0 Å². The van der Waals surface area contributed by atoms with Crippen molar-refractivity contribution in [2.45, 2.75) is 38.2 Å². The van der Waals surface area contributed by atoms with Gasteiger partial charge in [-0.2, -0.15) is 0 Å². The molecule has 2 saturated carbocycles. The van der Waals surface area contributed by atoms with Crippen LogP contribution in [0.3, 0.4) is 0 Å².